The first-order chi connectivity index (χ1) is 12.5. The van der Waals surface area contributed by atoms with Gasteiger partial charge in [0.25, 0.3) is 0 Å². The van der Waals surface area contributed by atoms with Crippen molar-refractivity contribution in [1.82, 2.24) is 15.0 Å². The van der Waals surface area contributed by atoms with Gasteiger partial charge < -0.3 is 0 Å². The van der Waals surface area contributed by atoms with Gasteiger partial charge in [0.05, 0.1) is 5.69 Å². The SMILES string of the molecule is FC(F)(F)c1ccc(-c2cc(C(F)(F)F)nc(-c3ccc(Br)cc3)n2)cn1. The molecular formula is C17H8BrF6N3. The Kier molecular flexibility index (Phi) is 4.94. The molecule has 2 heterocycles. The molecule has 10 heteroatoms. The van der Waals surface area contributed by atoms with Crippen LogP contribution in [0.3, 0.4) is 0 Å². The molecule has 0 unspecified atom stereocenters. The van der Waals surface area contributed by atoms with Crippen LogP contribution in [0.2, 0.25) is 0 Å². The Morgan fingerprint density at radius 1 is 0.704 bits per heavy atom. The van der Waals surface area contributed by atoms with Crippen molar-refractivity contribution in [2.45, 2.75) is 12.4 Å². The quantitative estimate of drug-likeness (QED) is 0.451. The maximum absolute atomic E-state index is 13.2. The second-order valence-corrected chi connectivity index (χ2v) is 6.31. The molecule has 0 spiro atoms. The number of nitrogens with zero attached hydrogens (tertiary/aromatic N) is 3. The van der Waals surface area contributed by atoms with Crippen LogP contribution < -0.4 is 0 Å². The third-order valence-corrected chi connectivity index (χ3v) is 4.00. The van der Waals surface area contributed by atoms with Gasteiger partial charge in [-0.1, -0.05) is 28.1 Å². The predicted molar refractivity (Wildman–Crippen MR) is 88.4 cm³/mol. The van der Waals surface area contributed by atoms with Crippen LogP contribution in [0.1, 0.15) is 11.4 Å². The smallest absolute Gasteiger partial charge is 0.251 e. The van der Waals surface area contributed by atoms with Gasteiger partial charge in [-0.25, -0.2) is 9.97 Å². The molecule has 27 heavy (non-hydrogen) atoms. The van der Waals surface area contributed by atoms with Gasteiger partial charge in [0.2, 0.25) is 0 Å². The topological polar surface area (TPSA) is 38.7 Å². The van der Waals surface area contributed by atoms with E-state index < -0.39 is 23.7 Å². The fraction of sp³-hybridized carbons (Fsp3) is 0.118. The number of hydrogen-bond donors (Lipinski definition) is 0. The maximum atomic E-state index is 13.2. The molecule has 3 aromatic rings. The maximum Gasteiger partial charge on any atom is 0.433 e. The molecule has 0 aliphatic carbocycles. The number of pyridine rings is 1. The molecule has 2 aromatic heterocycles. The molecule has 0 aliphatic heterocycles. The first-order valence-electron chi connectivity index (χ1n) is 7.30. The highest BCUT2D eigenvalue weighted by atomic mass is 79.9. The molecule has 0 fully saturated rings. The Labute approximate surface area is 157 Å². The van der Waals surface area contributed by atoms with Crippen molar-refractivity contribution in [2.75, 3.05) is 0 Å². The Balaban J connectivity index is 2.12. The third kappa shape index (κ3) is 4.44. The van der Waals surface area contributed by atoms with E-state index >= 15 is 0 Å². The molecule has 0 N–H and O–H groups in total. The van der Waals surface area contributed by atoms with Crippen molar-refractivity contribution in [1.29, 1.82) is 0 Å². The number of halogens is 7. The largest absolute Gasteiger partial charge is 0.433 e. The van der Waals surface area contributed by atoms with Gasteiger partial charge in [0, 0.05) is 21.8 Å². The molecule has 3 rings (SSSR count). The van der Waals surface area contributed by atoms with Gasteiger partial charge in [0.15, 0.2) is 5.82 Å². The first-order valence-corrected chi connectivity index (χ1v) is 8.09. The van der Waals surface area contributed by atoms with Crippen molar-refractivity contribution < 1.29 is 26.3 Å². The zero-order chi connectivity index (χ0) is 19.8. The van der Waals surface area contributed by atoms with Crippen LogP contribution >= 0.6 is 15.9 Å². The van der Waals surface area contributed by atoms with E-state index in [-0.39, 0.29) is 17.1 Å². The second-order valence-electron chi connectivity index (χ2n) is 5.40. The molecular weight excluding hydrogens is 440 g/mol. The van der Waals surface area contributed by atoms with Crippen LogP contribution in [0.5, 0.6) is 0 Å². The Bertz CT molecular complexity index is 950. The number of rotatable bonds is 2. The zero-order valence-corrected chi connectivity index (χ0v) is 14.7. The van der Waals surface area contributed by atoms with Crippen molar-refractivity contribution >= 4 is 15.9 Å². The van der Waals surface area contributed by atoms with E-state index in [0.29, 0.717) is 22.2 Å². The number of aromatic nitrogens is 3. The van der Waals surface area contributed by atoms with Crippen LogP contribution in [0, 0.1) is 0 Å². The van der Waals surface area contributed by atoms with Crippen molar-refractivity contribution in [3.05, 3.63) is 64.5 Å². The first kappa shape index (κ1) is 19.3. The van der Waals surface area contributed by atoms with Crippen LogP contribution in [-0.2, 0) is 12.4 Å². The van der Waals surface area contributed by atoms with Gasteiger partial charge in [-0.3, -0.25) is 4.98 Å². The van der Waals surface area contributed by atoms with Crippen molar-refractivity contribution in [3.63, 3.8) is 0 Å². The summed E-state index contributed by atoms with van der Waals surface area (Å²) in [4.78, 5) is 10.9. The molecule has 3 nitrogen and oxygen atoms in total. The summed E-state index contributed by atoms with van der Waals surface area (Å²) in [5.74, 6) is -0.202. The van der Waals surface area contributed by atoms with E-state index in [1.807, 2.05) is 0 Å². The molecule has 1 aromatic carbocycles. The summed E-state index contributed by atoms with van der Waals surface area (Å²) in [5, 5.41) is 0. The van der Waals surface area contributed by atoms with Crippen LogP contribution in [0.25, 0.3) is 22.6 Å². The molecule has 140 valence electrons. The minimum atomic E-state index is -4.75. The average molecular weight is 448 g/mol. The monoisotopic (exact) mass is 447 g/mol. The van der Waals surface area contributed by atoms with Gasteiger partial charge in [0.1, 0.15) is 11.4 Å². The van der Waals surface area contributed by atoms with E-state index in [2.05, 4.69) is 30.9 Å². The minimum Gasteiger partial charge on any atom is -0.251 e. The van der Waals surface area contributed by atoms with Crippen LogP contribution in [-0.4, -0.2) is 15.0 Å². The number of alkyl halides is 6. The lowest BCUT2D eigenvalue weighted by Crippen LogP contribution is -2.11. The van der Waals surface area contributed by atoms with E-state index in [1.165, 1.54) is 12.1 Å². The van der Waals surface area contributed by atoms with E-state index in [9.17, 15) is 26.3 Å². The van der Waals surface area contributed by atoms with Crippen LogP contribution in [0.15, 0.2) is 53.1 Å². The van der Waals surface area contributed by atoms with Crippen molar-refractivity contribution in [2.24, 2.45) is 0 Å². The highest BCUT2D eigenvalue weighted by Gasteiger charge is 2.34. The molecule has 0 bridgehead atoms. The Morgan fingerprint density at radius 3 is 1.81 bits per heavy atom. The molecule has 0 saturated heterocycles. The normalized spacial score (nSPS) is 12.3. The van der Waals surface area contributed by atoms with Crippen LogP contribution in [0.4, 0.5) is 26.3 Å². The molecule has 0 radical (unpaired) electrons. The lowest BCUT2D eigenvalue weighted by atomic mass is 10.1. The summed E-state index contributed by atoms with van der Waals surface area (Å²) in [5.41, 5.74) is -2.20. The summed E-state index contributed by atoms with van der Waals surface area (Å²) in [6.45, 7) is 0. The molecule has 0 atom stereocenters. The number of benzene rings is 1. The molecule has 0 aliphatic rings. The fourth-order valence-corrected chi connectivity index (χ4v) is 2.45. The highest BCUT2D eigenvalue weighted by molar-refractivity contribution is 9.10. The van der Waals surface area contributed by atoms with Gasteiger partial charge in [-0.2, -0.15) is 26.3 Å². The fourth-order valence-electron chi connectivity index (χ4n) is 2.18. The summed E-state index contributed by atoms with van der Waals surface area (Å²) < 4.78 is 78.2. The highest BCUT2D eigenvalue weighted by Crippen LogP contribution is 2.33. The summed E-state index contributed by atoms with van der Waals surface area (Å²) in [6.07, 6.45) is -8.57. The summed E-state index contributed by atoms with van der Waals surface area (Å²) in [7, 11) is 0. The Hall–Kier alpha value is -2.49. The van der Waals surface area contributed by atoms with E-state index in [4.69, 9.17) is 0 Å². The minimum absolute atomic E-state index is 0.00858. The Morgan fingerprint density at radius 2 is 1.30 bits per heavy atom. The van der Waals surface area contributed by atoms with Gasteiger partial charge >= 0.3 is 12.4 Å². The van der Waals surface area contributed by atoms with Gasteiger partial charge in [-0.05, 0) is 30.3 Å². The van der Waals surface area contributed by atoms with Crippen molar-refractivity contribution in [3.8, 4) is 22.6 Å². The van der Waals surface area contributed by atoms with Gasteiger partial charge in [-0.15, -0.1) is 0 Å². The lowest BCUT2D eigenvalue weighted by Gasteiger charge is -2.11. The standard InChI is InChI=1S/C17H8BrF6N3/c18-11-4-1-9(2-5-11)15-26-12(7-14(27-15)17(22,23)24)10-3-6-13(25-8-10)16(19,20)21/h1-8H. The average Bonchev–Trinajstić information content (AvgIpc) is 2.60. The van der Waals surface area contributed by atoms with E-state index in [0.717, 1.165) is 12.3 Å². The zero-order valence-electron chi connectivity index (χ0n) is 13.1. The second kappa shape index (κ2) is 6.91. The molecule has 0 amide bonds. The summed E-state index contributed by atoms with van der Waals surface area (Å²) in [6, 6.07) is 8.64. The molecule has 0 saturated carbocycles. The predicted octanol–water partition coefficient (Wildman–Crippen LogP) is 6.01. The lowest BCUT2D eigenvalue weighted by molar-refractivity contribution is -0.141. The summed E-state index contributed by atoms with van der Waals surface area (Å²) >= 11 is 3.22. The third-order valence-electron chi connectivity index (χ3n) is 3.47. The number of hydrogen-bond acceptors (Lipinski definition) is 3. The van der Waals surface area contributed by atoms with E-state index in [1.54, 1.807) is 12.1 Å².